The molecule has 0 N–H and O–H groups in total. The van der Waals surface area contributed by atoms with E-state index in [2.05, 4.69) is 0 Å². The van der Waals surface area contributed by atoms with Crippen LogP contribution in [0.15, 0.2) is 47.4 Å². The van der Waals surface area contributed by atoms with E-state index in [1.165, 1.54) is 6.07 Å². The standard InChI is InChI=1S/C19H22N2O3/c1-13(2)21-11-14(3)20-10-9-16(22)18(17(20)19(21)23)24-12-15-7-5-4-6-8-15/h4-10,13-14H,11-12H2,1-3H3/t14-/m0/s1. The lowest BCUT2D eigenvalue weighted by Crippen LogP contribution is -2.47. The maximum absolute atomic E-state index is 12.9. The highest BCUT2D eigenvalue weighted by molar-refractivity contribution is 5.96. The lowest BCUT2D eigenvalue weighted by atomic mass is 10.1. The summed E-state index contributed by atoms with van der Waals surface area (Å²) < 4.78 is 7.64. The van der Waals surface area contributed by atoms with Gasteiger partial charge in [0.15, 0.2) is 11.4 Å². The second-order valence-electron chi connectivity index (χ2n) is 6.44. The number of ether oxygens (including phenoxy) is 1. The summed E-state index contributed by atoms with van der Waals surface area (Å²) >= 11 is 0. The first-order valence-corrected chi connectivity index (χ1v) is 8.22. The Morgan fingerprint density at radius 2 is 1.88 bits per heavy atom. The van der Waals surface area contributed by atoms with Gasteiger partial charge in [-0.2, -0.15) is 0 Å². The number of hydrogen-bond donors (Lipinski definition) is 0. The van der Waals surface area contributed by atoms with Crippen molar-refractivity contribution in [2.45, 2.75) is 39.5 Å². The molecule has 1 aromatic heterocycles. The molecule has 1 aliphatic heterocycles. The molecule has 0 saturated heterocycles. The van der Waals surface area contributed by atoms with E-state index in [-0.39, 0.29) is 35.8 Å². The Labute approximate surface area is 141 Å². The van der Waals surface area contributed by atoms with Crippen LogP contribution in [0.25, 0.3) is 0 Å². The maximum Gasteiger partial charge on any atom is 0.274 e. The topological polar surface area (TPSA) is 51.5 Å². The normalized spacial score (nSPS) is 17.1. The number of benzene rings is 1. The highest BCUT2D eigenvalue weighted by Gasteiger charge is 2.33. The minimum atomic E-state index is -0.261. The first-order chi connectivity index (χ1) is 11.5. The molecule has 1 aliphatic rings. The molecule has 0 bridgehead atoms. The van der Waals surface area contributed by atoms with Gasteiger partial charge >= 0.3 is 0 Å². The van der Waals surface area contributed by atoms with Crippen molar-refractivity contribution in [3.63, 3.8) is 0 Å². The van der Waals surface area contributed by atoms with Crippen molar-refractivity contribution in [1.29, 1.82) is 0 Å². The fraction of sp³-hybridized carbons (Fsp3) is 0.368. The number of pyridine rings is 1. The van der Waals surface area contributed by atoms with E-state index in [0.717, 1.165) is 5.56 Å². The number of amides is 1. The van der Waals surface area contributed by atoms with E-state index in [0.29, 0.717) is 12.2 Å². The molecular weight excluding hydrogens is 304 g/mol. The van der Waals surface area contributed by atoms with Crippen molar-refractivity contribution in [3.8, 4) is 5.75 Å². The van der Waals surface area contributed by atoms with Gasteiger partial charge in [-0.15, -0.1) is 0 Å². The van der Waals surface area contributed by atoms with Crippen molar-refractivity contribution < 1.29 is 9.53 Å². The summed E-state index contributed by atoms with van der Waals surface area (Å²) in [5.74, 6) is -0.00702. The Hall–Kier alpha value is -2.56. The Morgan fingerprint density at radius 1 is 1.17 bits per heavy atom. The van der Waals surface area contributed by atoms with Crippen LogP contribution >= 0.6 is 0 Å². The zero-order valence-electron chi connectivity index (χ0n) is 14.2. The SMILES string of the molecule is CC(C)N1C[C@H](C)n2ccc(=O)c(OCc3ccccc3)c2C1=O. The van der Waals surface area contributed by atoms with Crippen molar-refractivity contribution in [1.82, 2.24) is 9.47 Å². The van der Waals surface area contributed by atoms with Crippen molar-refractivity contribution in [2.75, 3.05) is 6.54 Å². The minimum absolute atomic E-state index is 0.0750. The van der Waals surface area contributed by atoms with Crippen LogP contribution < -0.4 is 10.2 Å². The van der Waals surface area contributed by atoms with Gasteiger partial charge in [0.1, 0.15) is 6.61 Å². The lowest BCUT2D eigenvalue weighted by molar-refractivity contribution is 0.0604. The maximum atomic E-state index is 12.9. The number of carbonyl (C=O) groups is 1. The predicted octanol–water partition coefficient (Wildman–Crippen LogP) is 2.85. The molecule has 126 valence electrons. The Bertz CT molecular complexity index is 796. The molecule has 24 heavy (non-hydrogen) atoms. The molecule has 2 heterocycles. The molecule has 0 spiro atoms. The summed E-state index contributed by atoms with van der Waals surface area (Å²) in [5, 5.41) is 0. The van der Waals surface area contributed by atoms with E-state index in [1.807, 2.05) is 55.7 Å². The van der Waals surface area contributed by atoms with Gasteiger partial charge in [-0.3, -0.25) is 9.59 Å². The van der Waals surface area contributed by atoms with Crippen LogP contribution in [0.5, 0.6) is 5.75 Å². The molecule has 1 aromatic carbocycles. The molecule has 0 fully saturated rings. The van der Waals surface area contributed by atoms with Gasteiger partial charge in [-0.05, 0) is 26.3 Å². The van der Waals surface area contributed by atoms with Gasteiger partial charge in [-0.25, -0.2) is 0 Å². The Balaban J connectivity index is 2.00. The quantitative estimate of drug-likeness (QED) is 0.868. The minimum Gasteiger partial charge on any atom is -0.483 e. The van der Waals surface area contributed by atoms with E-state index in [9.17, 15) is 9.59 Å². The number of rotatable bonds is 4. The molecule has 5 heteroatoms. The predicted molar refractivity (Wildman–Crippen MR) is 92.4 cm³/mol. The zero-order valence-corrected chi connectivity index (χ0v) is 14.2. The van der Waals surface area contributed by atoms with Gasteiger partial charge in [0.05, 0.1) is 0 Å². The van der Waals surface area contributed by atoms with Crippen molar-refractivity contribution in [3.05, 3.63) is 64.1 Å². The molecular formula is C19H22N2O3. The van der Waals surface area contributed by atoms with Gasteiger partial charge in [0.2, 0.25) is 5.43 Å². The van der Waals surface area contributed by atoms with Crippen LogP contribution in [0.1, 0.15) is 42.9 Å². The molecule has 0 unspecified atom stereocenters. The van der Waals surface area contributed by atoms with E-state index in [4.69, 9.17) is 4.74 Å². The Morgan fingerprint density at radius 3 is 2.54 bits per heavy atom. The van der Waals surface area contributed by atoms with Crippen LogP contribution in [-0.2, 0) is 6.61 Å². The second-order valence-corrected chi connectivity index (χ2v) is 6.44. The van der Waals surface area contributed by atoms with Crippen LogP contribution in [0.2, 0.25) is 0 Å². The average Bonchev–Trinajstić information content (AvgIpc) is 2.57. The molecule has 2 aromatic rings. The fourth-order valence-electron chi connectivity index (χ4n) is 3.01. The molecule has 1 atom stereocenters. The van der Waals surface area contributed by atoms with Crippen LogP contribution in [0.3, 0.4) is 0 Å². The van der Waals surface area contributed by atoms with Gasteiger partial charge in [0.25, 0.3) is 5.91 Å². The first kappa shape index (κ1) is 16.3. The number of nitrogens with zero attached hydrogens (tertiary/aromatic N) is 2. The molecule has 0 aliphatic carbocycles. The van der Waals surface area contributed by atoms with Crippen molar-refractivity contribution in [2.24, 2.45) is 0 Å². The van der Waals surface area contributed by atoms with Crippen molar-refractivity contribution >= 4 is 5.91 Å². The van der Waals surface area contributed by atoms with Gasteiger partial charge < -0.3 is 14.2 Å². The molecule has 5 nitrogen and oxygen atoms in total. The lowest BCUT2D eigenvalue weighted by Gasteiger charge is -2.37. The number of carbonyl (C=O) groups excluding carboxylic acids is 1. The smallest absolute Gasteiger partial charge is 0.274 e. The largest absolute Gasteiger partial charge is 0.483 e. The Kier molecular flexibility index (Phi) is 4.42. The monoisotopic (exact) mass is 326 g/mol. The summed E-state index contributed by atoms with van der Waals surface area (Å²) in [6.45, 7) is 6.88. The fourth-order valence-corrected chi connectivity index (χ4v) is 3.01. The number of hydrogen-bond acceptors (Lipinski definition) is 3. The third-order valence-corrected chi connectivity index (χ3v) is 4.33. The van der Waals surface area contributed by atoms with Crippen LogP contribution in [-0.4, -0.2) is 28.0 Å². The summed E-state index contributed by atoms with van der Waals surface area (Å²) in [5.41, 5.74) is 1.05. The number of fused-ring (bicyclic) bond motifs is 1. The third kappa shape index (κ3) is 2.94. The van der Waals surface area contributed by atoms with Crippen LogP contribution in [0.4, 0.5) is 0 Å². The van der Waals surface area contributed by atoms with Gasteiger partial charge in [0, 0.05) is 30.9 Å². The first-order valence-electron chi connectivity index (χ1n) is 8.22. The molecule has 3 rings (SSSR count). The van der Waals surface area contributed by atoms with E-state index >= 15 is 0 Å². The molecule has 0 saturated carbocycles. The number of aromatic nitrogens is 1. The van der Waals surface area contributed by atoms with E-state index < -0.39 is 0 Å². The van der Waals surface area contributed by atoms with Gasteiger partial charge in [-0.1, -0.05) is 30.3 Å². The summed E-state index contributed by atoms with van der Waals surface area (Å²) in [4.78, 5) is 27.0. The highest BCUT2D eigenvalue weighted by atomic mass is 16.5. The summed E-state index contributed by atoms with van der Waals surface area (Å²) in [6.07, 6.45) is 1.69. The highest BCUT2D eigenvalue weighted by Crippen LogP contribution is 2.27. The molecule has 1 amide bonds. The summed E-state index contributed by atoms with van der Waals surface area (Å²) in [7, 11) is 0. The zero-order chi connectivity index (χ0) is 17.3. The van der Waals surface area contributed by atoms with Crippen LogP contribution in [0, 0.1) is 0 Å². The van der Waals surface area contributed by atoms with E-state index in [1.54, 1.807) is 11.1 Å². The molecule has 0 radical (unpaired) electrons. The average molecular weight is 326 g/mol. The second kappa shape index (κ2) is 6.51. The third-order valence-electron chi connectivity index (χ3n) is 4.33. The summed E-state index contributed by atoms with van der Waals surface area (Å²) in [6, 6.07) is 11.3.